The third-order valence-electron chi connectivity index (χ3n) is 2.16. The molecule has 0 aromatic heterocycles. The fourth-order valence-corrected chi connectivity index (χ4v) is 1.36. The summed E-state index contributed by atoms with van der Waals surface area (Å²) in [7, 11) is 0. The van der Waals surface area contributed by atoms with Crippen molar-refractivity contribution in [2.24, 2.45) is 16.5 Å². The zero-order chi connectivity index (χ0) is 11.8. The van der Waals surface area contributed by atoms with Crippen molar-refractivity contribution >= 4 is 5.96 Å². The van der Waals surface area contributed by atoms with Crippen molar-refractivity contribution in [2.45, 2.75) is 26.5 Å². The van der Waals surface area contributed by atoms with E-state index in [1.807, 2.05) is 24.3 Å². The van der Waals surface area contributed by atoms with Crippen molar-refractivity contribution in [3.05, 3.63) is 35.4 Å². The highest BCUT2D eigenvalue weighted by Crippen LogP contribution is 2.11. The van der Waals surface area contributed by atoms with Crippen molar-refractivity contribution < 1.29 is 4.74 Å². The molecule has 0 aliphatic heterocycles. The van der Waals surface area contributed by atoms with E-state index in [0.29, 0.717) is 13.2 Å². The summed E-state index contributed by atoms with van der Waals surface area (Å²) in [6.07, 6.45) is 1.02. The molecule has 0 fully saturated rings. The van der Waals surface area contributed by atoms with Crippen LogP contribution in [0.4, 0.5) is 0 Å². The molecule has 0 aliphatic rings. The quantitative estimate of drug-likeness (QED) is 0.433. The first-order chi connectivity index (χ1) is 7.74. The van der Waals surface area contributed by atoms with E-state index in [-0.39, 0.29) is 5.96 Å². The molecule has 4 nitrogen and oxygen atoms in total. The zero-order valence-corrected chi connectivity index (χ0v) is 9.65. The van der Waals surface area contributed by atoms with Gasteiger partial charge in [0.25, 0.3) is 0 Å². The van der Waals surface area contributed by atoms with Crippen LogP contribution in [0.1, 0.15) is 24.5 Å². The van der Waals surface area contributed by atoms with Crippen molar-refractivity contribution in [3.63, 3.8) is 0 Å². The summed E-state index contributed by atoms with van der Waals surface area (Å²) in [6, 6.07) is 8.01. The third kappa shape index (κ3) is 4.31. The highest BCUT2D eigenvalue weighted by atomic mass is 16.5. The highest BCUT2D eigenvalue weighted by Gasteiger charge is 2.00. The minimum Gasteiger partial charge on any atom is -0.377 e. The van der Waals surface area contributed by atoms with Crippen molar-refractivity contribution in [2.75, 3.05) is 6.61 Å². The van der Waals surface area contributed by atoms with E-state index in [1.54, 1.807) is 0 Å². The molecule has 1 aromatic rings. The SMILES string of the molecule is CCCOCc1ccccc1CN=C(N)N. The van der Waals surface area contributed by atoms with Crippen LogP contribution in [-0.4, -0.2) is 12.6 Å². The average molecular weight is 221 g/mol. The molecule has 1 rings (SSSR count). The molecule has 0 amide bonds. The molecule has 0 spiro atoms. The number of nitrogens with two attached hydrogens (primary N) is 2. The summed E-state index contributed by atoms with van der Waals surface area (Å²) in [6.45, 7) is 3.99. The van der Waals surface area contributed by atoms with E-state index in [1.165, 1.54) is 0 Å². The van der Waals surface area contributed by atoms with E-state index in [2.05, 4.69) is 11.9 Å². The third-order valence-corrected chi connectivity index (χ3v) is 2.16. The Morgan fingerprint density at radius 3 is 2.56 bits per heavy atom. The summed E-state index contributed by atoms with van der Waals surface area (Å²) >= 11 is 0. The molecule has 0 radical (unpaired) electrons. The summed E-state index contributed by atoms with van der Waals surface area (Å²) in [4.78, 5) is 4.00. The summed E-state index contributed by atoms with van der Waals surface area (Å²) in [5.74, 6) is 0.115. The number of hydrogen-bond acceptors (Lipinski definition) is 2. The van der Waals surface area contributed by atoms with Gasteiger partial charge in [-0.2, -0.15) is 0 Å². The summed E-state index contributed by atoms with van der Waals surface area (Å²) in [5, 5.41) is 0. The lowest BCUT2D eigenvalue weighted by Crippen LogP contribution is -2.22. The molecular weight excluding hydrogens is 202 g/mol. The van der Waals surface area contributed by atoms with Crippen LogP contribution < -0.4 is 11.5 Å². The molecule has 0 saturated heterocycles. The fraction of sp³-hybridized carbons (Fsp3) is 0.417. The van der Waals surface area contributed by atoms with Gasteiger partial charge in [-0.3, -0.25) is 0 Å². The Kier molecular flexibility index (Phi) is 5.36. The monoisotopic (exact) mass is 221 g/mol. The minimum atomic E-state index is 0.115. The normalized spacial score (nSPS) is 10.1. The molecule has 0 heterocycles. The minimum absolute atomic E-state index is 0.115. The van der Waals surface area contributed by atoms with Gasteiger partial charge < -0.3 is 16.2 Å². The predicted octanol–water partition coefficient (Wildman–Crippen LogP) is 1.39. The van der Waals surface area contributed by atoms with E-state index >= 15 is 0 Å². The maximum Gasteiger partial charge on any atom is 0.186 e. The highest BCUT2D eigenvalue weighted by molar-refractivity contribution is 5.75. The van der Waals surface area contributed by atoms with E-state index in [4.69, 9.17) is 16.2 Å². The van der Waals surface area contributed by atoms with Crippen LogP contribution in [0.3, 0.4) is 0 Å². The van der Waals surface area contributed by atoms with Crippen LogP contribution in [0.2, 0.25) is 0 Å². The Morgan fingerprint density at radius 2 is 1.94 bits per heavy atom. The van der Waals surface area contributed by atoms with Crippen LogP contribution in [0.15, 0.2) is 29.3 Å². The largest absolute Gasteiger partial charge is 0.377 e. The maximum absolute atomic E-state index is 5.51. The lowest BCUT2D eigenvalue weighted by molar-refractivity contribution is 0.121. The molecule has 16 heavy (non-hydrogen) atoms. The topological polar surface area (TPSA) is 73.6 Å². The van der Waals surface area contributed by atoms with Gasteiger partial charge in [0.15, 0.2) is 5.96 Å². The lowest BCUT2D eigenvalue weighted by Gasteiger charge is -2.07. The van der Waals surface area contributed by atoms with Gasteiger partial charge in [0, 0.05) is 6.61 Å². The van der Waals surface area contributed by atoms with Gasteiger partial charge in [-0.05, 0) is 17.5 Å². The molecule has 0 bridgehead atoms. The van der Waals surface area contributed by atoms with Crippen LogP contribution in [0.25, 0.3) is 0 Å². The first-order valence-electron chi connectivity index (χ1n) is 5.44. The standard InChI is InChI=1S/C12H19N3O/c1-2-7-16-9-11-6-4-3-5-10(11)8-15-12(13)14/h3-6H,2,7-9H2,1H3,(H4,13,14,15). The lowest BCUT2D eigenvalue weighted by atomic mass is 10.1. The molecular formula is C12H19N3O. The van der Waals surface area contributed by atoms with E-state index in [9.17, 15) is 0 Å². The van der Waals surface area contributed by atoms with Crippen LogP contribution in [0.5, 0.6) is 0 Å². The van der Waals surface area contributed by atoms with Gasteiger partial charge in [0.05, 0.1) is 13.2 Å². The van der Waals surface area contributed by atoms with Gasteiger partial charge in [-0.15, -0.1) is 0 Å². The fourth-order valence-electron chi connectivity index (χ4n) is 1.36. The number of rotatable bonds is 6. The first-order valence-corrected chi connectivity index (χ1v) is 5.44. The zero-order valence-electron chi connectivity index (χ0n) is 9.65. The van der Waals surface area contributed by atoms with Crippen molar-refractivity contribution in [3.8, 4) is 0 Å². The molecule has 88 valence electrons. The van der Waals surface area contributed by atoms with Gasteiger partial charge in [0.1, 0.15) is 0 Å². The first kappa shape index (κ1) is 12.5. The average Bonchev–Trinajstić information content (AvgIpc) is 2.28. The van der Waals surface area contributed by atoms with Crippen LogP contribution in [-0.2, 0) is 17.9 Å². The summed E-state index contributed by atoms with van der Waals surface area (Å²) < 4.78 is 5.51. The number of guanidine groups is 1. The second kappa shape index (κ2) is 6.85. The van der Waals surface area contributed by atoms with Crippen LogP contribution >= 0.6 is 0 Å². The number of aliphatic imine (C=N–C) groups is 1. The predicted molar refractivity (Wildman–Crippen MR) is 65.9 cm³/mol. The Labute approximate surface area is 96.3 Å². The molecule has 1 aromatic carbocycles. The second-order valence-electron chi connectivity index (χ2n) is 3.56. The Hall–Kier alpha value is -1.55. The number of benzene rings is 1. The van der Waals surface area contributed by atoms with Gasteiger partial charge in [-0.1, -0.05) is 31.2 Å². The number of nitrogens with zero attached hydrogens (tertiary/aromatic N) is 1. The Bertz CT molecular complexity index is 346. The van der Waals surface area contributed by atoms with E-state index in [0.717, 1.165) is 24.2 Å². The van der Waals surface area contributed by atoms with Gasteiger partial charge >= 0.3 is 0 Å². The number of ether oxygens (including phenoxy) is 1. The molecule has 4 heteroatoms. The molecule has 4 N–H and O–H groups in total. The maximum atomic E-state index is 5.51. The molecule has 0 saturated carbocycles. The van der Waals surface area contributed by atoms with Crippen molar-refractivity contribution in [1.29, 1.82) is 0 Å². The second-order valence-corrected chi connectivity index (χ2v) is 3.56. The van der Waals surface area contributed by atoms with E-state index < -0.39 is 0 Å². The Balaban J connectivity index is 2.64. The molecule has 0 unspecified atom stereocenters. The Morgan fingerprint density at radius 1 is 1.25 bits per heavy atom. The number of hydrogen-bond donors (Lipinski definition) is 2. The van der Waals surface area contributed by atoms with Gasteiger partial charge in [0.2, 0.25) is 0 Å². The molecule has 0 atom stereocenters. The van der Waals surface area contributed by atoms with Crippen molar-refractivity contribution in [1.82, 2.24) is 0 Å². The summed E-state index contributed by atoms with van der Waals surface area (Å²) in [5.41, 5.74) is 12.9. The van der Waals surface area contributed by atoms with Crippen LogP contribution in [0, 0.1) is 0 Å². The van der Waals surface area contributed by atoms with Gasteiger partial charge in [-0.25, -0.2) is 4.99 Å². The smallest absolute Gasteiger partial charge is 0.186 e. The molecule has 0 aliphatic carbocycles.